The van der Waals surface area contributed by atoms with Gasteiger partial charge in [0.1, 0.15) is 6.10 Å². The molecule has 0 aliphatic heterocycles. The van der Waals surface area contributed by atoms with Gasteiger partial charge >= 0.3 is 0 Å². The van der Waals surface area contributed by atoms with Gasteiger partial charge in [-0.05, 0) is 11.1 Å². The van der Waals surface area contributed by atoms with Crippen molar-refractivity contribution in [3.63, 3.8) is 0 Å². The standard InChI is InChI=1S/C17H19NO2/c1-14(19)18-12-13-20-17(15-8-4-2-5-9-15)16-10-6-3-7-11-16/h2-11,17H,12-13H2,1H3,(H,18,19). The Hall–Kier alpha value is -2.13. The summed E-state index contributed by atoms with van der Waals surface area (Å²) in [6, 6.07) is 20.2. The maximum Gasteiger partial charge on any atom is 0.216 e. The van der Waals surface area contributed by atoms with Gasteiger partial charge in [-0.1, -0.05) is 60.7 Å². The second-order valence-electron chi connectivity index (χ2n) is 4.56. The summed E-state index contributed by atoms with van der Waals surface area (Å²) in [6.07, 6.45) is -0.105. The zero-order chi connectivity index (χ0) is 14.2. The highest BCUT2D eigenvalue weighted by Gasteiger charge is 2.13. The van der Waals surface area contributed by atoms with Gasteiger partial charge in [0.2, 0.25) is 5.91 Å². The molecule has 0 radical (unpaired) electrons. The maximum atomic E-state index is 10.9. The predicted molar refractivity (Wildman–Crippen MR) is 79.4 cm³/mol. The van der Waals surface area contributed by atoms with Crippen molar-refractivity contribution in [1.82, 2.24) is 5.32 Å². The lowest BCUT2D eigenvalue weighted by Gasteiger charge is -2.19. The molecule has 0 bridgehead atoms. The fourth-order valence-corrected chi connectivity index (χ4v) is 2.04. The summed E-state index contributed by atoms with van der Waals surface area (Å²) in [5, 5.41) is 2.74. The average molecular weight is 269 g/mol. The number of amides is 1. The van der Waals surface area contributed by atoms with Crippen molar-refractivity contribution in [2.75, 3.05) is 13.2 Å². The molecule has 0 aliphatic carbocycles. The first-order valence-corrected chi connectivity index (χ1v) is 6.73. The molecule has 0 saturated carbocycles. The second-order valence-corrected chi connectivity index (χ2v) is 4.56. The molecule has 2 aromatic rings. The molecule has 0 fully saturated rings. The van der Waals surface area contributed by atoms with E-state index < -0.39 is 0 Å². The van der Waals surface area contributed by atoms with Crippen LogP contribution in [0.4, 0.5) is 0 Å². The molecule has 0 aromatic heterocycles. The fourth-order valence-electron chi connectivity index (χ4n) is 2.04. The molecule has 104 valence electrons. The SMILES string of the molecule is CC(=O)NCCOC(c1ccccc1)c1ccccc1. The van der Waals surface area contributed by atoms with E-state index in [-0.39, 0.29) is 12.0 Å². The van der Waals surface area contributed by atoms with E-state index in [4.69, 9.17) is 4.74 Å². The molecule has 0 heterocycles. The molecule has 0 aliphatic rings. The molecule has 0 unspecified atom stereocenters. The molecule has 2 rings (SSSR count). The number of carbonyl (C=O) groups excluding carboxylic acids is 1. The first-order valence-electron chi connectivity index (χ1n) is 6.73. The highest BCUT2D eigenvalue weighted by molar-refractivity contribution is 5.72. The number of carbonyl (C=O) groups is 1. The Bertz CT molecular complexity index is 486. The highest BCUT2D eigenvalue weighted by atomic mass is 16.5. The second kappa shape index (κ2) is 7.46. The third-order valence-electron chi connectivity index (χ3n) is 2.97. The van der Waals surface area contributed by atoms with E-state index in [0.717, 1.165) is 11.1 Å². The van der Waals surface area contributed by atoms with E-state index in [2.05, 4.69) is 29.6 Å². The minimum atomic E-state index is -0.105. The zero-order valence-electron chi connectivity index (χ0n) is 11.6. The van der Waals surface area contributed by atoms with Crippen LogP contribution in [0, 0.1) is 0 Å². The normalized spacial score (nSPS) is 10.5. The number of rotatable bonds is 6. The van der Waals surface area contributed by atoms with Crippen LogP contribution < -0.4 is 5.32 Å². The molecule has 0 spiro atoms. The van der Waals surface area contributed by atoms with Crippen LogP contribution in [0.3, 0.4) is 0 Å². The number of hydrogen-bond acceptors (Lipinski definition) is 2. The van der Waals surface area contributed by atoms with Crippen LogP contribution in [0.5, 0.6) is 0 Å². The van der Waals surface area contributed by atoms with Gasteiger partial charge in [0, 0.05) is 13.5 Å². The summed E-state index contributed by atoms with van der Waals surface area (Å²) < 4.78 is 5.95. The summed E-state index contributed by atoms with van der Waals surface area (Å²) in [4.78, 5) is 10.9. The van der Waals surface area contributed by atoms with Crippen molar-refractivity contribution in [2.45, 2.75) is 13.0 Å². The van der Waals surface area contributed by atoms with Crippen LogP contribution in [0.15, 0.2) is 60.7 Å². The van der Waals surface area contributed by atoms with Crippen LogP contribution in [-0.2, 0) is 9.53 Å². The van der Waals surface area contributed by atoms with E-state index in [0.29, 0.717) is 13.2 Å². The Labute approximate surface area is 119 Å². The maximum absolute atomic E-state index is 10.9. The number of benzene rings is 2. The van der Waals surface area contributed by atoms with Crippen molar-refractivity contribution < 1.29 is 9.53 Å². The van der Waals surface area contributed by atoms with Crippen LogP contribution in [0.1, 0.15) is 24.2 Å². The van der Waals surface area contributed by atoms with Gasteiger partial charge in [-0.2, -0.15) is 0 Å². The summed E-state index contributed by atoms with van der Waals surface area (Å²) in [5.41, 5.74) is 2.23. The number of hydrogen-bond donors (Lipinski definition) is 1. The monoisotopic (exact) mass is 269 g/mol. The third-order valence-corrected chi connectivity index (χ3v) is 2.97. The Morgan fingerprint density at radius 3 is 1.95 bits per heavy atom. The zero-order valence-corrected chi connectivity index (χ0v) is 11.6. The van der Waals surface area contributed by atoms with E-state index in [1.54, 1.807) is 0 Å². The number of nitrogens with one attached hydrogen (secondary N) is 1. The Balaban J connectivity index is 2.07. The van der Waals surface area contributed by atoms with Gasteiger partial charge in [0.05, 0.1) is 6.61 Å². The first kappa shape index (κ1) is 14.3. The quantitative estimate of drug-likeness (QED) is 0.819. The molecule has 1 N–H and O–H groups in total. The molecule has 3 heteroatoms. The fraction of sp³-hybridized carbons (Fsp3) is 0.235. The predicted octanol–water partition coefficient (Wildman–Crippen LogP) is 2.93. The third kappa shape index (κ3) is 4.21. The average Bonchev–Trinajstić information content (AvgIpc) is 2.49. The summed E-state index contributed by atoms with van der Waals surface area (Å²) in [7, 11) is 0. The van der Waals surface area contributed by atoms with Crippen molar-refractivity contribution in [3.8, 4) is 0 Å². The molecule has 1 amide bonds. The largest absolute Gasteiger partial charge is 0.367 e. The topological polar surface area (TPSA) is 38.3 Å². The molecular formula is C17H19NO2. The molecular weight excluding hydrogens is 250 g/mol. The molecule has 0 atom stereocenters. The van der Waals surface area contributed by atoms with Gasteiger partial charge in [-0.15, -0.1) is 0 Å². The number of ether oxygens (including phenoxy) is 1. The summed E-state index contributed by atoms with van der Waals surface area (Å²) >= 11 is 0. The Kier molecular flexibility index (Phi) is 5.33. The lowest BCUT2D eigenvalue weighted by atomic mass is 10.0. The summed E-state index contributed by atoms with van der Waals surface area (Å²) in [5.74, 6) is -0.0374. The van der Waals surface area contributed by atoms with E-state index in [1.165, 1.54) is 6.92 Å². The van der Waals surface area contributed by atoms with Gasteiger partial charge < -0.3 is 10.1 Å². The van der Waals surface area contributed by atoms with Gasteiger partial charge in [0.15, 0.2) is 0 Å². The molecule has 0 saturated heterocycles. The van der Waals surface area contributed by atoms with Crippen LogP contribution in [0.2, 0.25) is 0 Å². The van der Waals surface area contributed by atoms with Gasteiger partial charge in [-0.25, -0.2) is 0 Å². The van der Waals surface area contributed by atoms with Gasteiger partial charge in [0.25, 0.3) is 0 Å². The van der Waals surface area contributed by atoms with E-state index in [9.17, 15) is 4.79 Å². The van der Waals surface area contributed by atoms with Crippen molar-refractivity contribution in [2.24, 2.45) is 0 Å². The lowest BCUT2D eigenvalue weighted by molar-refractivity contribution is -0.119. The highest BCUT2D eigenvalue weighted by Crippen LogP contribution is 2.25. The Morgan fingerprint density at radius 2 is 1.50 bits per heavy atom. The molecule has 2 aromatic carbocycles. The van der Waals surface area contributed by atoms with Crippen LogP contribution in [0.25, 0.3) is 0 Å². The Morgan fingerprint density at radius 1 is 1.00 bits per heavy atom. The minimum absolute atomic E-state index is 0.0374. The van der Waals surface area contributed by atoms with Crippen molar-refractivity contribution in [1.29, 1.82) is 0 Å². The van der Waals surface area contributed by atoms with Crippen LogP contribution >= 0.6 is 0 Å². The van der Waals surface area contributed by atoms with Crippen molar-refractivity contribution in [3.05, 3.63) is 71.8 Å². The minimum Gasteiger partial charge on any atom is -0.367 e. The smallest absolute Gasteiger partial charge is 0.216 e. The van der Waals surface area contributed by atoms with E-state index >= 15 is 0 Å². The van der Waals surface area contributed by atoms with Crippen molar-refractivity contribution >= 4 is 5.91 Å². The van der Waals surface area contributed by atoms with Crippen LogP contribution in [-0.4, -0.2) is 19.1 Å². The van der Waals surface area contributed by atoms with E-state index in [1.807, 2.05) is 36.4 Å². The lowest BCUT2D eigenvalue weighted by Crippen LogP contribution is -2.25. The molecule has 3 nitrogen and oxygen atoms in total. The van der Waals surface area contributed by atoms with Gasteiger partial charge in [-0.3, -0.25) is 4.79 Å². The molecule has 20 heavy (non-hydrogen) atoms. The first-order chi connectivity index (χ1) is 9.77. The summed E-state index contributed by atoms with van der Waals surface area (Å²) in [6.45, 7) is 2.51.